The van der Waals surface area contributed by atoms with Gasteiger partial charge in [-0.2, -0.15) is 5.26 Å². The van der Waals surface area contributed by atoms with Gasteiger partial charge in [0.2, 0.25) is 0 Å². The Bertz CT molecular complexity index is 985. The maximum atomic E-state index is 12.6. The fraction of sp³-hybridized carbons (Fsp3) is 0.0952. The van der Waals surface area contributed by atoms with Crippen LogP contribution in [-0.4, -0.2) is 10.9 Å². The monoisotopic (exact) mass is 342 g/mol. The molecule has 3 rings (SSSR count). The predicted octanol–water partition coefficient (Wildman–Crippen LogP) is 4.57. The molecule has 0 bridgehead atoms. The third-order valence-electron chi connectivity index (χ3n) is 4.04. The second kappa shape index (κ2) is 7.49. The topological polar surface area (TPSA) is 77.8 Å². The third kappa shape index (κ3) is 3.70. The Morgan fingerprint density at radius 3 is 2.50 bits per heavy atom. The van der Waals surface area contributed by atoms with Crippen molar-refractivity contribution in [2.75, 3.05) is 10.6 Å². The van der Waals surface area contributed by atoms with Gasteiger partial charge in [-0.15, -0.1) is 0 Å². The number of aryl methyl sites for hydroxylation is 2. The van der Waals surface area contributed by atoms with Crippen LogP contribution in [0.2, 0.25) is 0 Å². The second-order valence-electron chi connectivity index (χ2n) is 5.93. The Kier molecular flexibility index (Phi) is 4.95. The highest BCUT2D eigenvalue weighted by Gasteiger charge is 2.12. The van der Waals surface area contributed by atoms with E-state index in [2.05, 4.69) is 21.7 Å². The van der Waals surface area contributed by atoms with E-state index in [4.69, 9.17) is 0 Å². The lowest BCUT2D eigenvalue weighted by molar-refractivity contribution is 0.102. The number of nitriles is 1. The number of carbonyl (C=O) groups excluding carboxylic acids is 1. The van der Waals surface area contributed by atoms with Crippen LogP contribution in [-0.2, 0) is 0 Å². The van der Waals surface area contributed by atoms with Crippen LogP contribution in [0.3, 0.4) is 0 Å². The lowest BCUT2D eigenvalue weighted by Gasteiger charge is -2.12. The van der Waals surface area contributed by atoms with E-state index >= 15 is 0 Å². The number of pyridine rings is 1. The van der Waals surface area contributed by atoms with E-state index in [0.717, 1.165) is 16.8 Å². The first-order valence-corrected chi connectivity index (χ1v) is 8.18. The van der Waals surface area contributed by atoms with Crippen molar-refractivity contribution in [3.8, 4) is 6.07 Å². The fourth-order valence-electron chi connectivity index (χ4n) is 2.67. The van der Waals surface area contributed by atoms with E-state index in [1.54, 1.807) is 30.5 Å². The molecule has 3 aromatic rings. The summed E-state index contributed by atoms with van der Waals surface area (Å²) in [6, 6.07) is 18.6. The van der Waals surface area contributed by atoms with Crippen molar-refractivity contribution in [3.05, 3.63) is 83.2 Å². The summed E-state index contributed by atoms with van der Waals surface area (Å²) in [7, 11) is 0. The van der Waals surface area contributed by atoms with Gasteiger partial charge in [0.15, 0.2) is 0 Å². The molecule has 26 heavy (non-hydrogen) atoms. The highest BCUT2D eigenvalue weighted by molar-refractivity contribution is 6.04. The molecule has 0 spiro atoms. The molecule has 0 radical (unpaired) electrons. The van der Waals surface area contributed by atoms with Crippen molar-refractivity contribution >= 4 is 23.0 Å². The van der Waals surface area contributed by atoms with Gasteiger partial charge in [-0.05, 0) is 49.2 Å². The molecular weight excluding hydrogens is 324 g/mol. The fourth-order valence-corrected chi connectivity index (χ4v) is 2.67. The summed E-state index contributed by atoms with van der Waals surface area (Å²) in [5.74, 6) is -0.278. The van der Waals surface area contributed by atoms with Gasteiger partial charge in [0.25, 0.3) is 5.91 Å². The maximum absolute atomic E-state index is 12.6. The van der Waals surface area contributed by atoms with Gasteiger partial charge in [0.1, 0.15) is 11.8 Å². The number of benzene rings is 2. The number of nitrogens with one attached hydrogen (secondary N) is 2. The van der Waals surface area contributed by atoms with Gasteiger partial charge in [-0.25, -0.2) is 0 Å². The second-order valence-corrected chi connectivity index (χ2v) is 5.93. The van der Waals surface area contributed by atoms with Gasteiger partial charge in [0.05, 0.1) is 11.3 Å². The smallest absolute Gasteiger partial charge is 0.274 e. The molecule has 1 heterocycles. The van der Waals surface area contributed by atoms with Crippen LogP contribution >= 0.6 is 0 Å². The number of anilines is 3. The van der Waals surface area contributed by atoms with Crippen molar-refractivity contribution in [1.82, 2.24) is 4.98 Å². The van der Waals surface area contributed by atoms with E-state index < -0.39 is 0 Å². The molecule has 2 aromatic carbocycles. The molecule has 1 aromatic heterocycles. The van der Waals surface area contributed by atoms with Crippen molar-refractivity contribution in [2.24, 2.45) is 0 Å². The molecule has 0 atom stereocenters. The summed E-state index contributed by atoms with van der Waals surface area (Å²) >= 11 is 0. The lowest BCUT2D eigenvalue weighted by atomic mass is 10.1. The van der Waals surface area contributed by atoms with Crippen LogP contribution in [0.1, 0.15) is 27.2 Å². The van der Waals surface area contributed by atoms with Crippen molar-refractivity contribution in [3.63, 3.8) is 0 Å². The van der Waals surface area contributed by atoms with Gasteiger partial charge >= 0.3 is 0 Å². The SMILES string of the molecule is Cc1cccc(C)c1NC(=O)c1cc(Nc2ccccc2C#N)ccn1. The molecule has 0 aliphatic heterocycles. The molecule has 0 saturated carbocycles. The molecule has 5 nitrogen and oxygen atoms in total. The van der Waals surface area contributed by atoms with Crippen LogP contribution in [0.25, 0.3) is 0 Å². The van der Waals surface area contributed by atoms with E-state index in [1.165, 1.54) is 0 Å². The minimum Gasteiger partial charge on any atom is -0.354 e. The molecule has 0 aliphatic carbocycles. The largest absolute Gasteiger partial charge is 0.354 e. The molecule has 5 heteroatoms. The number of rotatable bonds is 4. The third-order valence-corrected chi connectivity index (χ3v) is 4.04. The average molecular weight is 342 g/mol. The normalized spacial score (nSPS) is 10.0. The zero-order valence-electron chi connectivity index (χ0n) is 14.6. The summed E-state index contributed by atoms with van der Waals surface area (Å²) in [6.45, 7) is 3.90. The van der Waals surface area contributed by atoms with Crippen LogP contribution in [0.15, 0.2) is 60.8 Å². The van der Waals surface area contributed by atoms with Gasteiger partial charge < -0.3 is 10.6 Å². The van der Waals surface area contributed by atoms with Crippen molar-refractivity contribution < 1.29 is 4.79 Å². The molecule has 0 saturated heterocycles. The number of para-hydroxylation sites is 2. The Morgan fingerprint density at radius 1 is 1.04 bits per heavy atom. The highest BCUT2D eigenvalue weighted by Crippen LogP contribution is 2.22. The van der Waals surface area contributed by atoms with Crippen molar-refractivity contribution in [1.29, 1.82) is 5.26 Å². The van der Waals surface area contributed by atoms with Crippen LogP contribution in [0, 0.1) is 25.2 Å². The number of hydrogen-bond acceptors (Lipinski definition) is 4. The zero-order chi connectivity index (χ0) is 18.5. The van der Waals surface area contributed by atoms with Gasteiger partial charge in [-0.1, -0.05) is 30.3 Å². The number of nitrogens with zero attached hydrogens (tertiary/aromatic N) is 2. The van der Waals surface area contributed by atoms with E-state index in [-0.39, 0.29) is 5.91 Å². The minimum atomic E-state index is -0.278. The number of aromatic nitrogens is 1. The lowest BCUT2D eigenvalue weighted by Crippen LogP contribution is -2.15. The number of hydrogen-bond donors (Lipinski definition) is 2. The minimum absolute atomic E-state index is 0.278. The quantitative estimate of drug-likeness (QED) is 0.728. The molecular formula is C21H18N4O. The highest BCUT2D eigenvalue weighted by atomic mass is 16.1. The van der Waals surface area contributed by atoms with E-state index in [1.807, 2.05) is 44.2 Å². The summed E-state index contributed by atoms with van der Waals surface area (Å²) in [4.78, 5) is 16.8. The Morgan fingerprint density at radius 2 is 1.77 bits per heavy atom. The molecule has 0 aliphatic rings. The first kappa shape index (κ1) is 17.2. The summed E-state index contributed by atoms with van der Waals surface area (Å²) in [5.41, 5.74) is 4.99. The van der Waals surface area contributed by atoms with Crippen LogP contribution in [0.5, 0.6) is 0 Å². The Labute approximate surface area is 152 Å². The van der Waals surface area contributed by atoms with Crippen LogP contribution in [0.4, 0.5) is 17.1 Å². The molecule has 1 amide bonds. The van der Waals surface area contributed by atoms with Crippen molar-refractivity contribution in [2.45, 2.75) is 13.8 Å². The van der Waals surface area contributed by atoms with Gasteiger partial charge in [-0.3, -0.25) is 9.78 Å². The zero-order valence-corrected chi connectivity index (χ0v) is 14.6. The van der Waals surface area contributed by atoms with E-state index in [0.29, 0.717) is 22.6 Å². The maximum Gasteiger partial charge on any atom is 0.274 e. The summed E-state index contributed by atoms with van der Waals surface area (Å²) in [5, 5.41) is 15.3. The van der Waals surface area contributed by atoms with Crippen LogP contribution < -0.4 is 10.6 Å². The molecule has 128 valence electrons. The van der Waals surface area contributed by atoms with E-state index in [9.17, 15) is 10.1 Å². The molecule has 0 fully saturated rings. The first-order chi connectivity index (χ1) is 12.6. The first-order valence-electron chi connectivity index (χ1n) is 8.18. The average Bonchev–Trinajstić information content (AvgIpc) is 2.65. The van der Waals surface area contributed by atoms with Gasteiger partial charge in [0, 0.05) is 17.6 Å². The standard InChI is InChI=1S/C21H18N4O/c1-14-6-5-7-15(2)20(14)25-21(26)19-12-17(10-11-23-19)24-18-9-4-3-8-16(18)13-22/h3-12H,1-2H3,(H,23,24)(H,25,26). The Balaban J connectivity index is 1.83. The number of carbonyl (C=O) groups is 1. The Hall–Kier alpha value is -3.65. The summed E-state index contributed by atoms with van der Waals surface area (Å²) < 4.78 is 0. The number of amides is 1. The summed E-state index contributed by atoms with van der Waals surface area (Å²) in [6.07, 6.45) is 1.57. The molecule has 0 unspecified atom stereocenters. The predicted molar refractivity (Wildman–Crippen MR) is 103 cm³/mol. The molecule has 2 N–H and O–H groups in total.